The number of hydrogen-bond acceptors (Lipinski definition) is 3. The summed E-state index contributed by atoms with van der Waals surface area (Å²) in [5.74, 6) is 0.746. The SMILES string of the molecule is CCOCCN1CCC(CC)NCC(C)C1. The molecule has 0 amide bonds. The van der Waals surface area contributed by atoms with Gasteiger partial charge in [-0.15, -0.1) is 0 Å². The summed E-state index contributed by atoms with van der Waals surface area (Å²) < 4.78 is 5.44. The molecule has 0 aromatic carbocycles. The van der Waals surface area contributed by atoms with Gasteiger partial charge in [0.15, 0.2) is 0 Å². The molecule has 16 heavy (non-hydrogen) atoms. The van der Waals surface area contributed by atoms with Crippen LogP contribution in [-0.4, -0.2) is 50.3 Å². The normalized spacial score (nSPS) is 28.7. The van der Waals surface area contributed by atoms with E-state index in [4.69, 9.17) is 4.74 Å². The lowest BCUT2D eigenvalue weighted by Gasteiger charge is -2.31. The van der Waals surface area contributed by atoms with E-state index in [1.165, 1.54) is 25.9 Å². The molecule has 0 saturated carbocycles. The zero-order chi connectivity index (χ0) is 11.8. The third-order valence-electron chi connectivity index (χ3n) is 3.37. The Hall–Kier alpha value is -0.120. The molecule has 0 aromatic rings. The molecule has 1 aliphatic rings. The largest absolute Gasteiger partial charge is 0.380 e. The summed E-state index contributed by atoms with van der Waals surface area (Å²) in [6.07, 6.45) is 2.52. The van der Waals surface area contributed by atoms with Gasteiger partial charge in [0.05, 0.1) is 6.61 Å². The van der Waals surface area contributed by atoms with E-state index in [1.54, 1.807) is 0 Å². The zero-order valence-corrected chi connectivity index (χ0v) is 11.2. The first-order valence-corrected chi connectivity index (χ1v) is 6.79. The van der Waals surface area contributed by atoms with Crippen molar-refractivity contribution >= 4 is 0 Å². The van der Waals surface area contributed by atoms with Crippen LogP contribution in [0, 0.1) is 5.92 Å². The van der Waals surface area contributed by atoms with Crippen molar-refractivity contribution in [3.8, 4) is 0 Å². The predicted octanol–water partition coefficient (Wildman–Crippen LogP) is 1.73. The number of hydrogen-bond donors (Lipinski definition) is 1. The first-order chi connectivity index (χ1) is 7.76. The highest BCUT2D eigenvalue weighted by molar-refractivity contribution is 4.75. The van der Waals surface area contributed by atoms with Crippen LogP contribution in [0.15, 0.2) is 0 Å². The highest BCUT2D eigenvalue weighted by Crippen LogP contribution is 2.08. The summed E-state index contributed by atoms with van der Waals surface area (Å²) in [6, 6.07) is 0.706. The lowest BCUT2D eigenvalue weighted by molar-refractivity contribution is 0.100. The Morgan fingerprint density at radius 2 is 2.19 bits per heavy atom. The topological polar surface area (TPSA) is 24.5 Å². The molecule has 3 heteroatoms. The van der Waals surface area contributed by atoms with Crippen molar-refractivity contribution in [2.75, 3.05) is 39.4 Å². The summed E-state index contributed by atoms with van der Waals surface area (Å²) >= 11 is 0. The van der Waals surface area contributed by atoms with Crippen LogP contribution in [0.2, 0.25) is 0 Å². The Morgan fingerprint density at radius 1 is 1.38 bits per heavy atom. The van der Waals surface area contributed by atoms with Gasteiger partial charge in [0.2, 0.25) is 0 Å². The van der Waals surface area contributed by atoms with Gasteiger partial charge in [-0.05, 0) is 38.8 Å². The summed E-state index contributed by atoms with van der Waals surface area (Å²) in [6.45, 7) is 13.0. The molecule has 2 unspecified atom stereocenters. The first kappa shape index (κ1) is 13.9. The Labute approximate surface area is 101 Å². The van der Waals surface area contributed by atoms with Crippen LogP contribution in [0.5, 0.6) is 0 Å². The number of ether oxygens (including phenoxy) is 1. The molecule has 2 atom stereocenters. The second-order valence-corrected chi connectivity index (χ2v) is 4.90. The minimum Gasteiger partial charge on any atom is -0.380 e. The molecule has 0 aliphatic carbocycles. The van der Waals surface area contributed by atoms with Crippen molar-refractivity contribution in [3.63, 3.8) is 0 Å². The van der Waals surface area contributed by atoms with Crippen LogP contribution in [0.4, 0.5) is 0 Å². The molecule has 1 heterocycles. The van der Waals surface area contributed by atoms with Gasteiger partial charge in [-0.1, -0.05) is 13.8 Å². The van der Waals surface area contributed by atoms with Crippen molar-refractivity contribution in [2.45, 2.75) is 39.7 Å². The molecule has 0 aromatic heterocycles. The van der Waals surface area contributed by atoms with Crippen LogP contribution >= 0.6 is 0 Å². The highest BCUT2D eigenvalue weighted by Gasteiger charge is 2.17. The van der Waals surface area contributed by atoms with Gasteiger partial charge < -0.3 is 15.0 Å². The Balaban J connectivity index is 2.31. The monoisotopic (exact) mass is 228 g/mol. The van der Waals surface area contributed by atoms with E-state index in [-0.39, 0.29) is 0 Å². The number of nitrogens with one attached hydrogen (secondary N) is 1. The fourth-order valence-corrected chi connectivity index (χ4v) is 2.29. The van der Waals surface area contributed by atoms with Crippen LogP contribution in [0.25, 0.3) is 0 Å². The quantitative estimate of drug-likeness (QED) is 0.725. The second-order valence-electron chi connectivity index (χ2n) is 4.90. The molecular formula is C13H28N2O. The average Bonchev–Trinajstić information content (AvgIpc) is 2.26. The van der Waals surface area contributed by atoms with Gasteiger partial charge in [-0.25, -0.2) is 0 Å². The van der Waals surface area contributed by atoms with Crippen LogP contribution in [0.3, 0.4) is 0 Å². The van der Waals surface area contributed by atoms with Crippen molar-refractivity contribution in [1.82, 2.24) is 10.2 Å². The maximum absolute atomic E-state index is 5.44. The Kier molecular flexibility index (Phi) is 7.01. The molecule has 3 nitrogen and oxygen atoms in total. The minimum absolute atomic E-state index is 0.706. The molecule has 0 spiro atoms. The molecule has 1 saturated heterocycles. The lowest BCUT2D eigenvalue weighted by Crippen LogP contribution is -2.44. The minimum atomic E-state index is 0.706. The fraction of sp³-hybridized carbons (Fsp3) is 1.00. The van der Waals surface area contributed by atoms with Crippen LogP contribution in [-0.2, 0) is 4.74 Å². The Morgan fingerprint density at radius 3 is 2.88 bits per heavy atom. The predicted molar refractivity (Wildman–Crippen MR) is 68.8 cm³/mol. The summed E-state index contributed by atoms with van der Waals surface area (Å²) in [5.41, 5.74) is 0. The first-order valence-electron chi connectivity index (χ1n) is 6.79. The number of nitrogens with zero attached hydrogens (tertiary/aromatic N) is 1. The second kappa shape index (κ2) is 8.04. The van der Waals surface area contributed by atoms with Gasteiger partial charge in [-0.3, -0.25) is 0 Å². The van der Waals surface area contributed by atoms with Gasteiger partial charge in [-0.2, -0.15) is 0 Å². The third-order valence-corrected chi connectivity index (χ3v) is 3.37. The maximum atomic E-state index is 5.44. The van der Waals surface area contributed by atoms with Crippen molar-refractivity contribution in [2.24, 2.45) is 5.92 Å². The van der Waals surface area contributed by atoms with E-state index in [0.29, 0.717) is 6.04 Å². The Bertz CT molecular complexity index is 175. The van der Waals surface area contributed by atoms with E-state index in [0.717, 1.165) is 32.2 Å². The van der Waals surface area contributed by atoms with Gasteiger partial charge >= 0.3 is 0 Å². The van der Waals surface area contributed by atoms with E-state index in [1.807, 2.05) is 0 Å². The highest BCUT2D eigenvalue weighted by atomic mass is 16.5. The molecule has 1 N–H and O–H groups in total. The summed E-state index contributed by atoms with van der Waals surface area (Å²) in [5, 5.41) is 3.65. The standard InChI is InChI=1S/C13H28N2O/c1-4-13-6-7-15(8-9-16-5-2)11-12(3)10-14-13/h12-14H,4-11H2,1-3H3. The van der Waals surface area contributed by atoms with Crippen LogP contribution in [0.1, 0.15) is 33.6 Å². The van der Waals surface area contributed by atoms with E-state index in [9.17, 15) is 0 Å². The maximum Gasteiger partial charge on any atom is 0.0593 e. The molecule has 96 valence electrons. The molecule has 1 rings (SSSR count). The van der Waals surface area contributed by atoms with Gasteiger partial charge in [0.25, 0.3) is 0 Å². The van der Waals surface area contributed by atoms with E-state index in [2.05, 4.69) is 31.0 Å². The smallest absolute Gasteiger partial charge is 0.0593 e. The van der Waals surface area contributed by atoms with E-state index < -0.39 is 0 Å². The fourth-order valence-electron chi connectivity index (χ4n) is 2.29. The average molecular weight is 228 g/mol. The summed E-state index contributed by atoms with van der Waals surface area (Å²) in [4.78, 5) is 2.56. The molecule has 1 aliphatic heterocycles. The lowest BCUT2D eigenvalue weighted by atomic mass is 10.0. The van der Waals surface area contributed by atoms with Gasteiger partial charge in [0, 0.05) is 25.7 Å². The van der Waals surface area contributed by atoms with Crippen molar-refractivity contribution < 1.29 is 4.74 Å². The third kappa shape index (κ3) is 5.28. The van der Waals surface area contributed by atoms with Crippen LogP contribution < -0.4 is 5.32 Å². The molecule has 0 bridgehead atoms. The molecule has 0 radical (unpaired) electrons. The number of rotatable bonds is 5. The van der Waals surface area contributed by atoms with E-state index >= 15 is 0 Å². The van der Waals surface area contributed by atoms with Gasteiger partial charge in [0.1, 0.15) is 0 Å². The summed E-state index contributed by atoms with van der Waals surface area (Å²) in [7, 11) is 0. The molecule has 1 fully saturated rings. The molecular weight excluding hydrogens is 200 g/mol. The zero-order valence-electron chi connectivity index (χ0n) is 11.2. The van der Waals surface area contributed by atoms with Crippen molar-refractivity contribution in [1.29, 1.82) is 0 Å². The van der Waals surface area contributed by atoms with Crippen molar-refractivity contribution in [3.05, 3.63) is 0 Å².